The quantitative estimate of drug-likeness (QED) is 0.393. The van der Waals surface area contributed by atoms with Crippen molar-refractivity contribution in [2.45, 2.75) is 57.3 Å². The number of piperidine rings is 1. The lowest BCUT2D eigenvalue weighted by atomic mass is 10.0. The van der Waals surface area contributed by atoms with Crippen molar-refractivity contribution >= 4 is 27.9 Å². The Bertz CT molecular complexity index is 1200. The molecule has 4 rings (SSSR count). The van der Waals surface area contributed by atoms with Crippen molar-refractivity contribution in [3.05, 3.63) is 47.5 Å². The van der Waals surface area contributed by atoms with Crippen LogP contribution in [0, 0.1) is 0 Å². The van der Waals surface area contributed by atoms with Gasteiger partial charge >= 0.3 is 18.4 Å². The van der Waals surface area contributed by atoms with Gasteiger partial charge in [-0.25, -0.2) is 4.79 Å². The van der Waals surface area contributed by atoms with Crippen molar-refractivity contribution < 1.29 is 41.0 Å². The summed E-state index contributed by atoms with van der Waals surface area (Å²) >= 11 is 0. The molecule has 1 amide bonds. The van der Waals surface area contributed by atoms with Gasteiger partial charge in [-0.2, -0.15) is 26.3 Å². The Kier molecular flexibility index (Phi) is 5.98. The lowest BCUT2D eigenvalue weighted by Gasteiger charge is -2.38. The zero-order chi connectivity index (χ0) is 25.9. The molecule has 0 saturated carbocycles. The normalized spacial score (nSPS) is 20.0. The van der Waals surface area contributed by atoms with Crippen molar-refractivity contribution in [3.8, 4) is 0 Å². The number of hydrogen-bond donors (Lipinski definition) is 1. The van der Waals surface area contributed by atoms with Crippen LogP contribution in [0.3, 0.4) is 0 Å². The second kappa shape index (κ2) is 8.32. The highest BCUT2D eigenvalue weighted by Crippen LogP contribution is 2.41. The Labute approximate surface area is 196 Å². The number of hydrogen-bond acceptors (Lipinski definition) is 3. The van der Waals surface area contributed by atoms with Crippen molar-refractivity contribution in [3.63, 3.8) is 0 Å². The number of amides is 1. The fourth-order valence-electron chi connectivity index (χ4n) is 4.43. The average Bonchev–Trinajstić information content (AvgIpc) is 3.04. The van der Waals surface area contributed by atoms with E-state index in [2.05, 4.69) is 0 Å². The fraction of sp³-hybridized carbons (Fsp3) is 0.458. The number of rotatable bonds is 1. The highest BCUT2D eigenvalue weighted by Gasteiger charge is 2.37. The SMILES string of the molecule is CC(C)(C)OC(=O)N1CC[C@@H](O)[C@H](n2c3ccc(C(F)(F)F)cc3c3cc(C(F)(F)F)ccc32)C1. The molecular weight excluding hydrogens is 478 g/mol. The summed E-state index contributed by atoms with van der Waals surface area (Å²) in [6, 6.07) is 4.89. The number of halogens is 6. The maximum absolute atomic E-state index is 13.4. The Morgan fingerprint density at radius 3 is 1.83 bits per heavy atom. The molecule has 35 heavy (non-hydrogen) atoms. The van der Waals surface area contributed by atoms with Crippen LogP contribution in [0.5, 0.6) is 0 Å². The smallest absolute Gasteiger partial charge is 0.416 e. The molecule has 0 aliphatic carbocycles. The van der Waals surface area contributed by atoms with Gasteiger partial charge in [0.15, 0.2) is 0 Å². The predicted molar refractivity (Wildman–Crippen MR) is 117 cm³/mol. The van der Waals surface area contributed by atoms with E-state index >= 15 is 0 Å². The largest absolute Gasteiger partial charge is 0.444 e. The summed E-state index contributed by atoms with van der Waals surface area (Å²) in [6.07, 6.45) is -10.8. The van der Waals surface area contributed by atoms with Crippen LogP contribution < -0.4 is 0 Å². The summed E-state index contributed by atoms with van der Waals surface area (Å²) in [5.41, 5.74) is -2.32. The first-order valence-electron chi connectivity index (χ1n) is 10.9. The van der Waals surface area contributed by atoms with Gasteiger partial charge < -0.3 is 19.3 Å². The minimum Gasteiger partial charge on any atom is -0.444 e. The minimum absolute atomic E-state index is 0.0254. The van der Waals surface area contributed by atoms with Gasteiger partial charge in [0.05, 0.1) is 23.3 Å². The molecule has 1 saturated heterocycles. The van der Waals surface area contributed by atoms with Crippen LogP contribution in [0.25, 0.3) is 21.8 Å². The van der Waals surface area contributed by atoms with Crippen molar-refractivity contribution in [2.75, 3.05) is 13.1 Å². The van der Waals surface area contributed by atoms with E-state index in [1.165, 1.54) is 21.6 Å². The van der Waals surface area contributed by atoms with E-state index in [0.29, 0.717) is 0 Å². The number of aromatic nitrogens is 1. The summed E-state index contributed by atoms with van der Waals surface area (Å²) < 4.78 is 87.3. The number of fused-ring (bicyclic) bond motifs is 3. The van der Waals surface area contributed by atoms with Gasteiger partial charge in [0.2, 0.25) is 0 Å². The van der Waals surface area contributed by atoms with Crippen LogP contribution in [0.2, 0.25) is 0 Å². The van der Waals surface area contributed by atoms with E-state index in [-0.39, 0.29) is 41.3 Å². The number of ether oxygens (including phenoxy) is 1. The third-order valence-electron chi connectivity index (χ3n) is 5.99. The van der Waals surface area contributed by atoms with Crippen LogP contribution in [0.1, 0.15) is 44.4 Å². The number of carbonyl (C=O) groups is 1. The van der Waals surface area contributed by atoms with E-state index in [1.807, 2.05) is 0 Å². The van der Waals surface area contributed by atoms with Gasteiger partial charge in [-0.15, -0.1) is 0 Å². The number of benzene rings is 2. The number of likely N-dealkylation sites (tertiary alicyclic amines) is 1. The summed E-state index contributed by atoms with van der Waals surface area (Å²) in [5, 5.41) is 10.7. The zero-order valence-corrected chi connectivity index (χ0v) is 19.2. The van der Waals surface area contributed by atoms with Crippen molar-refractivity contribution in [1.29, 1.82) is 0 Å². The Hall–Kier alpha value is -2.95. The lowest BCUT2D eigenvalue weighted by Crippen LogP contribution is -2.48. The minimum atomic E-state index is -4.69. The predicted octanol–water partition coefficient (Wildman–Crippen LogP) is 6.37. The van der Waals surface area contributed by atoms with E-state index < -0.39 is 47.3 Å². The molecule has 2 atom stereocenters. The van der Waals surface area contributed by atoms with Gasteiger partial charge in [-0.1, -0.05) is 0 Å². The van der Waals surface area contributed by atoms with Crippen LogP contribution in [-0.4, -0.2) is 45.5 Å². The maximum atomic E-state index is 13.4. The molecule has 1 fully saturated rings. The first kappa shape index (κ1) is 25.2. The first-order chi connectivity index (χ1) is 16.1. The van der Waals surface area contributed by atoms with Crippen LogP contribution >= 0.6 is 0 Å². The lowest BCUT2D eigenvalue weighted by molar-refractivity contribution is -0.138. The summed E-state index contributed by atoms with van der Waals surface area (Å²) in [6.45, 7) is 5.26. The van der Waals surface area contributed by atoms with Crippen molar-refractivity contribution in [1.82, 2.24) is 9.47 Å². The molecule has 1 N–H and O–H groups in total. The third-order valence-corrected chi connectivity index (χ3v) is 5.99. The number of alkyl halides is 6. The summed E-state index contributed by atoms with van der Waals surface area (Å²) in [4.78, 5) is 14.0. The molecule has 5 nitrogen and oxygen atoms in total. The molecule has 11 heteroatoms. The van der Waals surface area contributed by atoms with E-state index in [0.717, 1.165) is 24.3 Å². The van der Waals surface area contributed by atoms with E-state index in [4.69, 9.17) is 4.74 Å². The molecular formula is C24H24F6N2O3. The van der Waals surface area contributed by atoms with Gasteiger partial charge in [-0.3, -0.25) is 0 Å². The monoisotopic (exact) mass is 502 g/mol. The van der Waals surface area contributed by atoms with Crippen molar-refractivity contribution in [2.24, 2.45) is 0 Å². The molecule has 190 valence electrons. The summed E-state index contributed by atoms with van der Waals surface area (Å²) in [5.74, 6) is 0. The highest BCUT2D eigenvalue weighted by molar-refractivity contribution is 6.08. The van der Waals surface area contributed by atoms with Crippen LogP contribution in [-0.2, 0) is 17.1 Å². The second-order valence-electron chi connectivity index (χ2n) is 9.68. The maximum Gasteiger partial charge on any atom is 0.416 e. The molecule has 2 aromatic carbocycles. The fourth-order valence-corrected chi connectivity index (χ4v) is 4.43. The van der Waals surface area contributed by atoms with Gasteiger partial charge in [0, 0.05) is 34.9 Å². The first-order valence-corrected chi connectivity index (χ1v) is 10.9. The molecule has 1 aliphatic rings. The number of carbonyl (C=O) groups excluding carboxylic acids is 1. The molecule has 3 aromatic rings. The number of aliphatic hydroxyl groups excluding tert-OH is 1. The molecule has 0 spiro atoms. The standard InChI is InChI=1S/C24H24F6N2O3/c1-22(2,3)35-21(34)31-9-8-20(33)19(12-31)32-17-6-4-13(23(25,26)27)10-15(17)16-11-14(24(28,29)30)5-7-18(16)32/h4-7,10-11,19-20,33H,8-9,12H2,1-3H3/t19-,20-/m1/s1. The molecule has 2 heterocycles. The molecule has 1 aliphatic heterocycles. The topological polar surface area (TPSA) is 54.7 Å². The Morgan fingerprint density at radius 2 is 1.40 bits per heavy atom. The zero-order valence-electron chi connectivity index (χ0n) is 19.2. The third kappa shape index (κ3) is 4.91. The Morgan fingerprint density at radius 1 is 0.914 bits per heavy atom. The average molecular weight is 502 g/mol. The molecule has 0 bridgehead atoms. The highest BCUT2D eigenvalue weighted by atomic mass is 19.4. The van der Waals surface area contributed by atoms with Gasteiger partial charge in [0.1, 0.15) is 5.60 Å². The van der Waals surface area contributed by atoms with Crippen LogP contribution in [0.4, 0.5) is 31.1 Å². The van der Waals surface area contributed by atoms with E-state index in [1.54, 1.807) is 20.8 Å². The van der Waals surface area contributed by atoms with Crippen LogP contribution in [0.15, 0.2) is 36.4 Å². The molecule has 0 unspecified atom stereocenters. The Balaban J connectivity index is 1.89. The summed E-state index contributed by atoms with van der Waals surface area (Å²) in [7, 11) is 0. The van der Waals surface area contributed by atoms with Gasteiger partial charge in [-0.05, 0) is 63.6 Å². The molecule has 1 aromatic heterocycles. The van der Waals surface area contributed by atoms with Gasteiger partial charge in [0.25, 0.3) is 0 Å². The number of aliphatic hydroxyl groups is 1. The molecule has 0 radical (unpaired) electrons. The van der Waals surface area contributed by atoms with E-state index in [9.17, 15) is 36.2 Å². The second-order valence-corrected chi connectivity index (χ2v) is 9.68. The number of nitrogens with zero attached hydrogens (tertiary/aromatic N) is 2.